The maximum absolute atomic E-state index is 12.4. The largest absolute Gasteiger partial charge is 0.416 e. The monoisotopic (exact) mass is 205 g/mol. The molecule has 0 radical (unpaired) electrons. The second-order valence-electron chi connectivity index (χ2n) is 2.67. The van der Waals surface area contributed by atoms with Gasteiger partial charge in [0, 0.05) is 0 Å². The van der Waals surface area contributed by atoms with E-state index in [0.717, 1.165) is 6.07 Å². The van der Waals surface area contributed by atoms with E-state index in [0.29, 0.717) is 0 Å². The minimum atomic E-state index is -4.34. The van der Waals surface area contributed by atoms with Crippen LogP contribution in [0.3, 0.4) is 0 Å². The van der Waals surface area contributed by atoms with Gasteiger partial charge in [-0.05, 0) is 11.6 Å². The number of hydrogen-bond acceptors (Lipinski definition) is 2. The van der Waals surface area contributed by atoms with Crippen LogP contribution in [0.2, 0.25) is 0 Å². The second-order valence-corrected chi connectivity index (χ2v) is 2.67. The third-order valence-electron chi connectivity index (χ3n) is 1.70. The first-order valence-corrected chi connectivity index (χ1v) is 3.98. The van der Waals surface area contributed by atoms with Crippen molar-refractivity contribution in [2.24, 2.45) is 5.73 Å². The molecule has 0 saturated carbocycles. The van der Waals surface area contributed by atoms with E-state index in [4.69, 9.17) is 10.5 Å². The van der Waals surface area contributed by atoms with Crippen LogP contribution in [0.15, 0.2) is 24.3 Å². The summed E-state index contributed by atoms with van der Waals surface area (Å²) in [6.07, 6.45) is -4.34. The van der Waals surface area contributed by atoms with E-state index in [-0.39, 0.29) is 18.9 Å². The van der Waals surface area contributed by atoms with Crippen molar-refractivity contribution in [3.05, 3.63) is 35.4 Å². The summed E-state index contributed by atoms with van der Waals surface area (Å²) in [5.41, 5.74) is 4.46. The highest BCUT2D eigenvalue weighted by molar-refractivity contribution is 5.28. The van der Waals surface area contributed by atoms with Gasteiger partial charge in [-0.3, -0.25) is 0 Å². The third kappa shape index (κ3) is 2.71. The maximum atomic E-state index is 12.4. The average Bonchev–Trinajstić information content (AvgIpc) is 2.14. The molecule has 0 aliphatic carbocycles. The molecule has 1 rings (SSSR count). The Morgan fingerprint density at radius 1 is 1.21 bits per heavy atom. The maximum Gasteiger partial charge on any atom is 0.416 e. The molecule has 0 fully saturated rings. The van der Waals surface area contributed by atoms with Crippen LogP contribution in [-0.2, 0) is 17.5 Å². The molecule has 0 bridgehead atoms. The van der Waals surface area contributed by atoms with Crippen molar-refractivity contribution in [3.8, 4) is 0 Å². The third-order valence-corrected chi connectivity index (χ3v) is 1.70. The topological polar surface area (TPSA) is 35.2 Å². The second kappa shape index (κ2) is 4.43. The standard InChI is InChI=1S/C9H10F3NO/c10-9(11,12)8-4-2-1-3-7(8)5-14-6-13/h1-4H,5-6,13H2. The molecule has 0 saturated heterocycles. The highest BCUT2D eigenvalue weighted by Gasteiger charge is 2.32. The Kier molecular flexibility index (Phi) is 3.49. The Balaban J connectivity index is 2.92. The molecule has 2 N–H and O–H groups in total. The van der Waals surface area contributed by atoms with Crippen LogP contribution in [-0.4, -0.2) is 6.73 Å². The Bertz CT molecular complexity index is 298. The summed E-state index contributed by atoms with van der Waals surface area (Å²) in [5.74, 6) is 0. The van der Waals surface area contributed by atoms with Crippen LogP contribution in [0.1, 0.15) is 11.1 Å². The predicted octanol–water partition coefficient (Wildman–Crippen LogP) is 2.14. The van der Waals surface area contributed by atoms with Gasteiger partial charge in [0.15, 0.2) is 0 Å². The van der Waals surface area contributed by atoms with E-state index in [1.54, 1.807) is 0 Å². The molecule has 0 heterocycles. The highest BCUT2D eigenvalue weighted by Crippen LogP contribution is 2.31. The number of alkyl halides is 3. The van der Waals surface area contributed by atoms with E-state index < -0.39 is 11.7 Å². The number of halogens is 3. The quantitative estimate of drug-likeness (QED) is 0.767. The smallest absolute Gasteiger partial charge is 0.362 e. The number of ether oxygens (including phenoxy) is 1. The molecular weight excluding hydrogens is 195 g/mol. The zero-order valence-corrected chi connectivity index (χ0v) is 7.34. The zero-order chi connectivity index (χ0) is 10.6. The highest BCUT2D eigenvalue weighted by atomic mass is 19.4. The minimum absolute atomic E-state index is 0.0911. The molecule has 0 aliphatic rings. The normalized spacial score (nSPS) is 11.7. The molecular formula is C9H10F3NO. The van der Waals surface area contributed by atoms with Crippen LogP contribution in [0.5, 0.6) is 0 Å². The molecule has 2 nitrogen and oxygen atoms in total. The Morgan fingerprint density at radius 2 is 1.86 bits per heavy atom. The predicted molar refractivity (Wildman–Crippen MR) is 45.3 cm³/mol. The lowest BCUT2D eigenvalue weighted by molar-refractivity contribution is -0.138. The van der Waals surface area contributed by atoms with Crippen LogP contribution in [0, 0.1) is 0 Å². The van der Waals surface area contributed by atoms with Gasteiger partial charge in [-0.2, -0.15) is 13.2 Å². The summed E-state index contributed by atoms with van der Waals surface area (Å²) in [4.78, 5) is 0. The van der Waals surface area contributed by atoms with E-state index >= 15 is 0 Å². The van der Waals surface area contributed by atoms with E-state index in [2.05, 4.69) is 0 Å². The van der Waals surface area contributed by atoms with Crippen molar-refractivity contribution in [2.45, 2.75) is 12.8 Å². The van der Waals surface area contributed by atoms with Gasteiger partial charge in [0.25, 0.3) is 0 Å². The summed E-state index contributed by atoms with van der Waals surface area (Å²) >= 11 is 0. The van der Waals surface area contributed by atoms with Crippen LogP contribution < -0.4 is 5.73 Å². The number of rotatable bonds is 3. The van der Waals surface area contributed by atoms with E-state index in [1.165, 1.54) is 18.2 Å². The molecule has 0 spiro atoms. The summed E-state index contributed by atoms with van der Waals surface area (Å²) < 4.78 is 41.9. The van der Waals surface area contributed by atoms with Gasteiger partial charge >= 0.3 is 6.18 Å². The Labute approximate surface area is 79.5 Å². The summed E-state index contributed by atoms with van der Waals surface area (Å²) in [5, 5.41) is 0. The molecule has 0 aromatic heterocycles. The number of benzene rings is 1. The lowest BCUT2D eigenvalue weighted by Crippen LogP contribution is -2.11. The zero-order valence-electron chi connectivity index (χ0n) is 7.34. The summed E-state index contributed by atoms with van der Waals surface area (Å²) in [6.45, 7) is -0.210. The van der Waals surface area contributed by atoms with Crippen molar-refractivity contribution in [2.75, 3.05) is 6.73 Å². The molecule has 78 valence electrons. The first-order valence-electron chi connectivity index (χ1n) is 3.98. The van der Waals surface area contributed by atoms with Crippen LogP contribution in [0.4, 0.5) is 13.2 Å². The fourth-order valence-electron chi connectivity index (χ4n) is 1.09. The van der Waals surface area contributed by atoms with Crippen LogP contribution in [0.25, 0.3) is 0 Å². The average molecular weight is 205 g/mol. The van der Waals surface area contributed by atoms with E-state index in [9.17, 15) is 13.2 Å². The van der Waals surface area contributed by atoms with Gasteiger partial charge in [0.2, 0.25) is 0 Å². The van der Waals surface area contributed by atoms with Gasteiger partial charge in [0.05, 0.1) is 18.9 Å². The Hall–Kier alpha value is -1.07. The fraction of sp³-hybridized carbons (Fsp3) is 0.333. The van der Waals surface area contributed by atoms with Gasteiger partial charge in [-0.15, -0.1) is 0 Å². The molecule has 1 aromatic carbocycles. The number of hydrogen-bond donors (Lipinski definition) is 1. The lowest BCUT2D eigenvalue weighted by atomic mass is 10.1. The molecule has 0 amide bonds. The van der Waals surface area contributed by atoms with Crippen molar-refractivity contribution in [3.63, 3.8) is 0 Å². The summed E-state index contributed by atoms with van der Waals surface area (Å²) in [7, 11) is 0. The first kappa shape index (κ1) is 11.0. The fourth-order valence-corrected chi connectivity index (χ4v) is 1.09. The van der Waals surface area contributed by atoms with Gasteiger partial charge in [-0.25, -0.2) is 0 Å². The lowest BCUT2D eigenvalue weighted by Gasteiger charge is -2.11. The van der Waals surface area contributed by atoms with Gasteiger partial charge in [-0.1, -0.05) is 18.2 Å². The molecule has 5 heteroatoms. The van der Waals surface area contributed by atoms with Gasteiger partial charge in [0.1, 0.15) is 0 Å². The summed E-state index contributed by atoms with van der Waals surface area (Å²) in [6, 6.07) is 5.27. The molecule has 1 aromatic rings. The molecule has 0 unspecified atom stereocenters. The molecule has 0 aliphatic heterocycles. The SMILES string of the molecule is NCOCc1ccccc1C(F)(F)F. The van der Waals surface area contributed by atoms with Crippen LogP contribution >= 0.6 is 0 Å². The van der Waals surface area contributed by atoms with Crippen molar-refractivity contribution in [1.29, 1.82) is 0 Å². The van der Waals surface area contributed by atoms with Crippen molar-refractivity contribution < 1.29 is 17.9 Å². The van der Waals surface area contributed by atoms with Crippen molar-refractivity contribution in [1.82, 2.24) is 0 Å². The molecule has 0 atom stereocenters. The Morgan fingerprint density at radius 3 is 2.43 bits per heavy atom. The molecule has 14 heavy (non-hydrogen) atoms. The minimum Gasteiger partial charge on any atom is -0.362 e. The first-order chi connectivity index (χ1) is 6.55. The number of nitrogens with two attached hydrogens (primary N) is 1. The van der Waals surface area contributed by atoms with Gasteiger partial charge < -0.3 is 10.5 Å². The van der Waals surface area contributed by atoms with Crippen molar-refractivity contribution >= 4 is 0 Å². The van der Waals surface area contributed by atoms with E-state index in [1.807, 2.05) is 0 Å².